The van der Waals surface area contributed by atoms with Gasteiger partial charge in [0, 0.05) is 4.87 Å². The van der Waals surface area contributed by atoms with E-state index in [-0.39, 0.29) is 16.3 Å². The van der Waals surface area contributed by atoms with Gasteiger partial charge < -0.3 is 9.47 Å². The second-order valence-electron chi connectivity index (χ2n) is 8.67. The standard InChI is InChI=1S/C23H23ClO3/c24-23-13-16-10-17(14-23)12-22(11-16,15-23)21(25)27-20-8-6-19(7-9-20)26-18-4-2-1-3-5-18/h1-9,16-17H,10-15H2/t16-,17+,22?,23?. The molecule has 2 unspecified atom stereocenters. The number of ether oxygens (including phenoxy) is 2. The van der Waals surface area contributed by atoms with Crippen LogP contribution in [0.4, 0.5) is 0 Å². The number of hydrogen-bond donors (Lipinski definition) is 0. The van der Waals surface area contributed by atoms with Crippen molar-refractivity contribution in [2.45, 2.75) is 43.4 Å². The van der Waals surface area contributed by atoms with Gasteiger partial charge in [-0.25, -0.2) is 0 Å². The number of esters is 1. The number of carbonyl (C=O) groups is 1. The van der Waals surface area contributed by atoms with E-state index in [1.165, 1.54) is 6.42 Å². The van der Waals surface area contributed by atoms with Gasteiger partial charge in [0.15, 0.2) is 0 Å². The van der Waals surface area contributed by atoms with Crippen molar-refractivity contribution < 1.29 is 14.3 Å². The molecule has 27 heavy (non-hydrogen) atoms. The van der Waals surface area contributed by atoms with Gasteiger partial charge in [-0.1, -0.05) is 18.2 Å². The molecule has 3 nitrogen and oxygen atoms in total. The molecule has 6 rings (SSSR count). The Morgan fingerprint density at radius 3 is 2.07 bits per heavy atom. The van der Waals surface area contributed by atoms with Crippen molar-refractivity contribution in [3.8, 4) is 17.2 Å². The van der Waals surface area contributed by atoms with Gasteiger partial charge in [0.05, 0.1) is 5.41 Å². The first kappa shape index (κ1) is 17.1. The molecule has 4 aliphatic rings. The van der Waals surface area contributed by atoms with Crippen molar-refractivity contribution in [1.29, 1.82) is 0 Å². The van der Waals surface area contributed by atoms with Crippen LogP contribution in [0.2, 0.25) is 0 Å². The minimum absolute atomic E-state index is 0.0987. The lowest BCUT2D eigenvalue weighted by Gasteiger charge is -2.58. The number of rotatable bonds is 4. The Labute approximate surface area is 164 Å². The van der Waals surface area contributed by atoms with Crippen molar-refractivity contribution in [3.63, 3.8) is 0 Å². The Hall–Kier alpha value is -2.00. The molecule has 4 heteroatoms. The van der Waals surface area contributed by atoms with Crippen LogP contribution in [0, 0.1) is 17.3 Å². The normalized spacial score (nSPS) is 33.7. The second kappa shape index (κ2) is 6.27. The van der Waals surface area contributed by atoms with Crippen molar-refractivity contribution in [2.24, 2.45) is 17.3 Å². The highest BCUT2D eigenvalue weighted by Gasteiger charge is 2.60. The highest BCUT2D eigenvalue weighted by molar-refractivity contribution is 6.24. The average Bonchev–Trinajstić information content (AvgIpc) is 2.62. The number of benzene rings is 2. The number of hydrogen-bond acceptors (Lipinski definition) is 3. The van der Waals surface area contributed by atoms with Crippen LogP contribution in [0.3, 0.4) is 0 Å². The summed E-state index contributed by atoms with van der Waals surface area (Å²) in [7, 11) is 0. The monoisotopic (exact) mass is 382 g/mol. The third kappa shape index (κ3) is 3.23. The number of carbonyl (C=O) groups excluding carboxylic acids is 1. The Bertz CT molecular complexity index is 832. The molecule has 2 aromatic rings. The van der Waals surface area contributed by atoms with Crippen molar-refractivity contribution >= 4 is 17.6 Å². The topological polar surface area (TPSA) is 35.5 Å². The number of alkyl halides is 1. The van der Waals surface area contributed by atoms with E-state index in [0.29, 0.717) is 17.6 Å². The van der Waals surface area contributed by atoms with E-state index in [4.69, 9.17) is 21.1 Å². The summed E-state index contributed by atoms with van der Waals surface area (Å²) < 4.78 is 11.6. The molecule has 4 aliphatic carbocycles. The van der Waals surface area contributed by atoms with Gasteiger partial charge in [0.2, 0.25) is 0 Å². The van der Waals surface area contributed by atoms with Crippen molar-refractivity contribution in [3.05, 3.63) is 54.6 Å². The van der Waals surface area contributed by atoms with Gasteiger partial charge in [-0.05, 0) is 86.8 Å². The first-order valence-electron chi connectivity index (χ1n) is 9.76. The maximum atomic E-state index is 13.1. The van der Waals surface area contributed by atoms with E-state index in [0.717, 1.165) is 43.6 Å². The summed E-state index contributed by atoms with van der Waals surface area (Å²) >= 11 is 6.84. The van der Waals surface area contributed by atoms with E-state index in [2.05, 4.69) is 0 Å². The van der Waals surface area contributed by atoms with Crippen LogP contribution < -0.4 is 9.47 Å². The fraction of sp³-hybridized carbons (Fsp3) is 0.435. The second-order valence-corrected chi connectivity index (χ2v) is 9.47. The number of halogens is 1. The summed E-state index contributed by atoms with van der Waals surface area (Å²) in [6.45, 7) is 0. The van der Waals surface area contributed by atoms with Crippen LogP contribution in [0.1, 0.15) is 38.5 Å². The predicted octanol–water partition coefficient (Wildman–Crippen LogP) is 5.96. The Morgan fingerprint density at radius 2 is 1.44 bits per heavy atom. The molecule has 0 aromatic heterocycles. The zero-order valence-electron chi connectivity index (χ0n) is 15.2. The van der Waals surface area contributed by atoms with E-state index in [1.807, 2.05) is 42.5 Å². The van der Waals surface area contributed by atoms with Crippen LogP contribution in [0.15, 0.2) is 54.6 Å². The molecule has 0 saturated heterocycles. The Balaban J connectivity index is 1.29. The Morgan fingerprint density at radius 1 is 0.852 bits per heavy atom. The molecular weight excluding hydrogens is 360 g/mol. The zero-order valence-corrected chi connectivity index (χ0v) is 16.0. The summed E-state index contributed by atoms with van der Waals surface area (Å²) in [6, 6.07) is 16.9. The third-order valence-electron chi connectivity index (χ3n) is 6.44. The van der Waals surface area contributed by atoms with Crippen LogP contribution in [-0.2, 0) is 4.79 Å². The molecule has 0 heterocycles. The van der Waals surface area contributed by atoms with Gasteiger partial charge in [0.25, 0.3) is 0 Å². The molecule has 0 aliphatic heterocycles. The summed E-state index contributed by atoms with van der Waals surface area (Å²) in [5.41, 5.74) is -0.384. The molecule has 0 N–H and O–H groups in total. The van der Waals surface area contributed by atoms with Gasteiger partial charge >= 0.3 is 5.97 Å². The fourth-order valence-electron chi connectivity index (χ4n) is 5.81. The molecule has 0 amide bonds. The lowest BCUT2D eigenvalue weighted by Crippen LogP contribution is -2.56. The highest BCUT2D eigenvalue weighted by Crippen LogP contribution is 2.64. The van der Waals surface area contributed by atoms with Crippen LogP contribution >= 0.6 is 11.6 Å². The molecule has 140 valence electrons. The van der Waals surface area contributed by atoms with E-state index in [9.17, 15) is 4.79 Å². The largest absolute Gasteiger partial charge is 0.457 e. The van der Waals surface area contributed by atoms with Crippen LogP contribution in [0.5, 0.6) is 17.2 Å². The number of para-hydroxylation sites is 1. The van der Waals surface area contributed by atoms with Gasteiger partial charge in [-0.2, -0.15) is 0 Å². The molecular formula is C23H23ClO3. The van der Waals surface area contributed by atoms with Gasteiger partial charge in [0.1, 0.15) is 17.2 Å². The van der Waals surface area contributed by atoms with Crippen LogP contribution in [-0.4, -0.2) is 10.8 Å². The Kier molecular flexibility index (Phi) is 3.98. The summed E-state index contributed by atoms with van der Waals surface area (Å²) in [6.07, 6.45) is 5.99. The summed E-state index contributed by atoms with van der Waals surface area (Å²) in [5, 5.41) is 0. The molecule has 0 radical (unpaired) electrons. The molecule has 2 aromatic carbocycles. The molecule has 4 atom stereocenters. The minimum Gasteiger partial charge on any atom is -0.457 e. The van der Waals surface area contributed by atoms with Crippen LogP contribution in [0.25, 0.3) is 0 Å². The lowest BCUT2D eigenvalue weighted by molar-refractivity contribution is -0.160. The quantitative estimate of drug-likeness (QED) is 0.371. The first-order chi connectivity index (χ1) is 13.0. The lowest BCUT2D eigenvalue weighted by atomic mass is 9.49. The predicted molar refractivity (Wildman–Crippen MR) is 104 cm³/mol. The first-order valence-corrected chi connectivity index (χ1v) is 10.1. The van der Waals surface area contributed by atoms with E-state index in [1.54, 1.807) is 12.1 Å². The SMILES string of the molecule is O=C(Oc1ccc(Oc2ccccc2)cc1)C12C[C@@H]3C[C@@H](CC(Cl)(C3)C1)C2. The molecule has 0 spiro atoms. The molecule has 4 fully saturated rings. The summed E-state index contributed by atoms with van der Waals surface area (Å²) in [4.78, 5) is 12.9. The van der Waals surface area contributed by atoms with E-state index >= 15 is 0 Å². The maximum Gasteiger partial charge on any atom is 0.317 e. The molecule has 4 saturated carbocycles. The minimum atomic E-state index is -0.384. The van der Waals surface area contributed by atoms with Crippen molar-refractivity contribution in [2.75, 3.05) is 0 Å². The van der Waals surface area contributed by atoms with E-state index < -0.39 is 0 Å². The summed E-state index contributed by atoms with van der Waals surface area (Å²) in [5.74, 6) is 3.13. The smallest absolute Gasteiger partial charge is 0.317 e. The fourth-order valence-corrected chi connectivity index (χ4v) is 6.50. The zero-order chi connectivity index (χ0) is 18.5. The highest BCUT2D eigenvalue weighted by atomic mass is 35.5. The van der Waals surface area contributed by atoms with Crippen molar-refractivity contribution in [1.82, 2.24) is 0 Å². The van der Waals surface area contributed by atoms with Gasteiger partial charge in [-0.15, -0.1) is 11.6 Å². The average molecular weight is 383 g/mol. The molecule has 4 bridgehead atoms. The third-order valence-corrected chi connectivity index (χ3v) is 6.88. The van der Waals surface area contributed by atoms with Gasteiger partial charge in [-0.3, -0.25) is 4.79 Å². The maximum absolute atomic E-state index is 13.1.